The van der Waals surface area contributed by atoms with Crippen molar-refractivity contribution in [3.05, 3.63) is 34.9 Å². The Balaban J connectivity index is 2.10. The average Bonchev–Trinajstić information content (AvgIpc) is 2.73. The molecule has 0 aliphatic carbocycles. The second kappa shape index (κ2) is 7.45. The summed E-state index contributed by atoms with van der Waals surface area (Å²) in [5.74, 6) is 0.176. The SMILES string of the molecule is CCCS(=O)(=O)N1CCCN(C(=O)c2ccc(C)cc2C)CC1. The number of sulfonamides is 1. The first-order chi connectivity index (χ1) is 10.8. The van der Waals surface area contributed by atoms with Crippen LogP contribution in [-0.4, -0.2) is 55.5 Å². The van der Waals surface area contributed by atoms with E-state index in [1.165, 1.54) is 4.31 Å². The molecule has 0 bridgehead atoms. The molecule has 0 atom stereocenters. The molecule has 1 heterocycles. The van der Waals surface area contributed by atoms with Gasteiger partial charge >= 0.3 is 0 Å². The van der Waals surface area contributed by atoms with Crippen molar-refractivity contribution in [3.8, 4) is 0 Å². The number of amides is 1. The number of carbonyl (C=O) groups excluding carboxylic acids is 1. The van der Waals surface area contributed by atoms with Gasteiger partial charge in [0.25, 0.3) is 5.91 Å². The Hall–Kier alpha value is -1.40. The van der Waals surface area contributed by atoms with Crippen molar-refractivity contribution in [1.29, 1.82) is 0 Å². The smallest absolute Gasteiger partial charge is 0.254 e. The van der Waals surface area contributed by atoms with Crippen LogP contribution in [0.2, 0.25) is 0 Å². The number of nitrogens with zero attached hydrogens (tertiary/aromatic N) is 2. The van der Waals surface area contributed by atoms with Crippen molar-refractivity contribution in [2.45, 2.75) is 33.6 Å². The van der Waals surface area contributed by atoms with Gasteiger partial charge in [-0.2, -0.15) is 0 Å². The molecule has 1 amide bonds. The number of hydrogen-bond acceptors (Lipinski definition) is 3. The van der Waals surface area contributed by atoms with Gasteiger partial charge in [0, 0.05) is 31.7 Å². The molecule has 0 aromatic heterocycles. The molecule has 1 aliphatic heterocycles. The number of carbonyl (C=O) groups is 1. The van der Waals surface area contributed by atoms with Gasteiger partial charge in [0.1, 0.15) is 0 Å². The Labute approximate surface area is 139 Å². The molecule has 0 N–H and O–H groups in total. The summed E-state index contributed by atoms with van der Waals surface area (Å²) in [6.07, 6.45) is 1.30. The summed E-state index contributed by atoms with van der Waals surface area (Å²) in [7, 11) is -3.19. The van der Waals surface area contributed by atoms with E-state index in [2.05, 4.69) is 0 Å². The van der Waals surface area contributed by atoms with Gasteiger partial charge < -0.3 is 4.90 Å². The lowest BCUT2D eigenvalue weighted by Gasteiger charge is -2.22. The van der Waals surface area contributed by atoms with E-state index < -0.39 is 10.0 Å². The fourth-order valence-corrected chi connectivity index (χ4v) is 4.53. The lowest BCUT2D eigenvalue weighted by Crippen LogP contribution is -2.38. The first kappa shape index (κ1) is 17.9. The van der Waals surface area contributed by atoms with E-state index >= 15 is 0 Å². The van der Waals surface area contributed by atoms with Gasteiger partial charge in [0.2, 0.25) is 10.0 Å². The van der Waals surface area contributed by atoms with Crippen LogP contribution in [0.3, 0.4) is 0 Å². The van der Waals surface area contributed by atoms with E-state index in [4.69, 9.17) is 0 Å². The van der Waals surface area contributed by atoms with Gasteiger partial charge in [-0.25, -0.2) is 12.7 Å². The number of hydrogen-bond donors (Lipinski definition) is 0. The lowest BCUT2D eigenvalue weighted by molar-refractivity contribution is 0.0763. The highest BCUT2D eigenvalue weighted by Crippen LogP contribution is 2.16. The molecule has 1 aromatic carbocycles. The molecule has 128 valence electrons. The monoisotopic (exact) mass is 338 g/mol. The molecule has 0 saturated carbocycles. The van der Waals surface area contributed by atoms with Gasteiger partial charge in [-0.05, 0) is 38.3 Å². The Morgan fingerprint density at radius 3 is 2.52 bits per heavy atom. The average molecular weight is 338 g/mol. The van der Waals surface area contributed by atoms with E-state index in [0.29, 0.717) is 44.6 Å². The fraction of sp³-hybridized carbons (Fsp3) is 0.588. The number of rotatable bonds is 4. The van der Waals surface area contributed by atoms with E-state index in [1.54, 1.807) is 4.90 Å². The summed E-state index contributed by atoms with van der Waals surface area (Å²) in [4.78, 5) is 14.5. The highest BCUT2D eigenvalue weighted by atomic mass is 32.2. The quantitative estimate of drug-likeness (QED) is 0.845. The first-order valence-corrected chi connectivity index (χ1v) is 9.80. The van der Waals surface area contributed by atoms with Crippen LogP contribution < -0.4 is 0 Å². The van der Waals surface area contributed by atoms with Crippen LogP contribution in [0.15, 0.2) is 18.2 Å². The van der Waals surface area contributed by atoms with Crippen molar-refractivity contribution in [2.75, 3.05) is 31.9 Å². The van der Waals surface area contributed by atoms with Crippen molar-refractivity contribution in [1.82, 2.24) is 9.21 Å². The molecule has 1 aliphatic rings. The van der Waals surface area contributed by atoms with Crippen LogP contribution in [-0.2, 0) is 10.0 Å². The van der Waals surface area contributed by atoms with Crippen LogP contribution in [0, 0.1) is 13.8 Å². The zero-order valence-corrected chi connectivity index (χ0v) is 15.0. The lowest BCUT2D eigenvalue weighted by atomic mass is 10.0. The van der Waals surface area contributed by atoms with Crippen LogP contribution in [0.1, 0.15) is 41.3 Å². The second-order valence-electron chi connectivity index (χ2n) is 6.18. The van der Waals surface area contributed by atoms with Gasteiger partial charge in [-0.1, -0.05) is 24.6 Å². The Morgan fingerprint density at radius 2 is 1.87 bits per heavy atom. The third-order valence-electron chi connectivity index (χ3n) is 4.21. The van der Waals surface area contributed by atoms with Crippen LogP contribution in [0.4, 0.5) is 0 Å². The summed E-state index contributed by atoms with van der Waals surface area (Å²) in [6.45, 7) is 7.75. The Morgan fingerprint density at radius 1 is 1.13 bits per heavy atom. The topological polar surface area (TPSA) is 57.7 Å². The molecular weight excluding hydrogens is 312 g/mol. The fourth-order valence-electron chi connectivity index (χ4n) is 2.99. The Bertz CT molecular complexity index is 670. The summed E-state index contributed by atoms with van der Waals surface area (Å²) in [5.41, 5.74) is 2.81. The minimum atomic E-state index is -3.19. The largest absolute Gasteiger partial charge is 0.337 e. The minimum absolute atomic E-state index is 0.00256. The van der Waals surface area contributed by atoms with Crippen molar-refractivity contribution in [2.24, 2.45) is 0 Å². The maximum Gasteiger partial charge on any atom is 0.254 e. The standard InChI is InChI=1S/C17H26N2O3S/c1-4-12-23(21,22)19-9-5-8-18(10-11-19)17(20)16-7-6-14(2)13-15(16)3/h6-7,13H,4-5,8-12H2,1-3H3. The molecule has 1 saturated heterocycles. The highest BCUT2D eigenvalue weighted by Gasteiger charge is 2.26. The van der Waals surface area contributed by atoms with Gasteiger partial charge in [0.05, 0.1) is 5.75 Å². The predicted molar refractivity (Wildman–Crippen MR) is 92.1 cm³/mol. The van der Waals surface area contributed by atoms with Crippen LogP contribution in [0.25, 0.3) is 0 Å². The summed E-state index contributed by atoms with van der Waals surface area (Å²) < 4.78 is 25.9. The molecule has 0 unspecified atom stereocenters. The summed E-state index contributed by atoms with van der Waals surface area (Å²) >= 11 is 0. The molecule has 1 aromatic rings. The molecule has 2 rings (SSSR count). The first-order valence-electron chi connectivity index (χ1n) is 8.19. The van der Waals surface area contributed by atoms with Crippen molar-refractivity contribution in [3.63, 3.8) is 0 Å². The molecule has 23 heavy (non-hydrogen) atoms. The zero-order chi connectivity index (χ0) is 17.0. The Kier molecular flexibility index (Phi) is 5.81. The van der Waals surface area contributed by atoms with E-state index in [9.17, 15) is 13.2 Å². The molecule has 0 radical (unpaired) electrons. The summed E-state index contributed by atoms with van der Waals surface area (Å²) in [6, 6.07) is 5.81. The maximum atomic E-state index is 12.7. The molecular formula is C17H26N2O3S. The molecule has 5 nitrogen and oxygen atoms in total. The highest BCUT2D eigenvalue weighted by molar-refractivity contribution is 7.89. The number of aryl methyl sites for hydroxylation is 2. The predicted octanol–water partition coefficient (Wildman–Crippen LogP) is 2.19. The molecule has 0 spiro atoms. The zero-order valence-electron chi connectivity index (χ0n) is 14.2. The van der Waals surface area contributed by atoms with Crippen molar-refractivity contribution < 1.29 is 13.2 Å². The summed E-state index contributed by atoms with van der Waals surface area (Å²) in [5, 5.41) is 0. The van der Waals surface area contributed by atoms with E-state index in [-0.39, 0.29) is 11.7 Å². The normalized spacial score (nSPS) is 17.1. The van der Waals surface area contributed by atoms with Crippen molar-refractivity contribution >= 4 is 15.9 Å². The van der Waals surface area contributed by atoms with E-state index in [1.807, 2.05) is 39.0 Å². The van der Waals surface area contributed by atoms with Gasteiger partial charge in [-0.3, -0.25) is 4.79 Å². The maximum absolute atomic E-state index is 12.7. The number of benzene rings is 1. The van der Waals surface area contributed by atoms with Gasteiger partial charge in [-0.15, -0.1) is 0 Å². The third kappa shape index (κ3) is 4.32. The molecule has 1 fully saturated rings. The van der Waals surface area contributed by atoms with Crippen LogP contribution >= 0.6 is 0 Å². The third-order valence-corrected chi connectivity index (χ3v) is 6.29. The van der Waals surface area contributed by atoms with Gasteiger partial charge in [0.15, 0.2) is 0 Å². The molecule has 6 heteroatoms. The minimum Gasteiger partial charge on any atom is -0.337 e. The second-order valence-corrected chi connectivity index (χ2v) is 8.27. The van der Waals surface area contributed by atoms with Crippen LogP contribution in [0.5, 0.6) is 0 Å². The van der Waals surface area contributed by atoms with E-state index in [0.717, 1.165) is 11.1 Å².